The Kier molecular flexibility index (Phi) is 5.40. The SMILES string of the molecule is Cc1nc(-c2ccc(C(F)(F)F)cc2)sc1C(=O)OCc1cc(=O)n2c(C)csc2n1. The summed E-state index contributed by atoms with van der Waals surface area (Å²) < 4.78 is 45.0. The number of nitrogens with zero attached hydrogens (tertiary/aromatic N) is 3. The van der Waals surface area contributed by atoms with Gasteiger partial charge in [-0.3, -0.25) is 9.20 Å². The molecule has 0 aliphatic heterocycles. The van der Waals surface area contributed by atoms with Gasteiger partial charge in [-0.25, -0.2) is 14.8 Å². The molecule has 0 amide bonds. The van der Waals surface area contributed by atoms with Gasteiger partial charge in [0.25, 0.3) is 5.56 Å². The van der Waals surface area contributed by atoms with Gasteiger partial charge in [0, 0.05) is 22.7 Å². The zero-order valence-electron chi connectivity index (χ0n) is 16.2. The van der Waals surface area contributed by atoms with E-state index in [2.05, 4.69) is 9.97 Å². The zero-order valence-corrected chi connectivity index (χ0v) is 17.8. The molecule has 0 atom stereocenters. The molecular formula is C20H14F3N3O3S2. The van der Waals surface area contributed by atoms with E-state index >= 15 is 0 Å². The van der Waals surface area contributed by atoms with Crippen LogP contribution in [0, 0.1) is 13.8 Å². The molecule has 4 rings (SSSR count). The highest BCUT2D eigenvalue weighted by atomic mass is 32.1. The summed E-state index contributed by atoms with van der Waals surface area (Å²) in [4.78, 5) is 34.1. The highest BCUT2D eigenvalue weighted by Gasteiger charge is 2.30. The summed E-state index contributed by atoms with van der Waals surface area (Å²) in [5.41, 5.74) is 0.955. The van der Waals surface area contributed by atoms with Crippen LogP contribution in [0.2, 0.25) is 0 Å². The molecule has 3 aromatic heterocycles. The van der Waals surface area contributed by atoms with E-state index in [1.54, 1.807) is 13.8 Å². The molecule has 0 radical (unpaired) electrons. The van der Waals surface area contributed by atoms with Gasteiger partial charge >= 0.3 is 12.1 Å². The fourth-order valence-electron chi connectivity index (χ4n) is 2.89. The average Bonchev–Trinajstić information content (AvgIpc) is 3.29. The van der Waals surface area contributed by atoms with Gasteiger partial charge < -0.3 is 4.74 Å². The number of hydrogen-bond acceptors (Lipinski definition) is 7. The van der Waals surface area contributed by atoms with Gasteiger partial charge in [-0.2, -0.15) is 13.2 Å². The number of hydrogen-bond donors (Lipinski definition) is 0. The fraction of sp³-hybridized carbons (Fsp3) is 0.200. The molecular weight excluding hydrogens is 451 g/mol. The van der Waals surface area contributed by atoms with Crippen molar-refractivity contribution < 1.29 is 22.7 Å². The van der Waals surface area contributed by atoms with Crippen LogP contribution in [-0.2, 0) is 17.5 Å². The standard InChI is InChI=1S/C20H14F3N3O3S2/c1-10-9-30-19-25-14(7-15(27)26(10)19)8-29-18(28)16-11(2)24-17(31-16)12-3-5-13(6-4-12)20(21,22)23/h3-7,9H,8H2,1-2H3. The molecule has 4 aromatic rings. The minimum absolute atomic E-state index is 0.186. The van der Waals surface area contributed by atoms with E-state index < -0.39 is 17.7 Å². The maximum Gasteiger partial charge on any atom is 0.416 e. The number of esters is 1. The Morgan fingerprint density at radius 2 is 1.87 bits per heavy atom. The smallest absolute Gasteiger partial charge is 0.416 e. The first-order valence-electron chi connectivity index (χ1n) is 8.92. The second-order valence-corrected chi connectivity index (χ2v) is 8.50. The number of alkyl halides is 3. The van der Waals surface area contributed by atoms with Gasteiger partial charge in [0.1, 0.15) is 16.5 Å². The zero-order chi connectivity index (χ0) is 22.3. The summed E-state index contributed by atoms with van der Waals surface area (Å²) in [6, 6.07) is 5.87. The van der Waals surface area contributed by atoms with Crippen LogP contribution in [0.25, 0.3) is 15.5 Å². The van der Waals surface area contributed by atoms with Crippen molar-refractivity contribution in [2.75, 3.05) is 0 Å². The van der Waals surface area contributed by atoms with Gasteiger partial charge in [0.05, 0.1) is 17.0 Å². The number of carbonyl (C=O) groups excluding carboxylic acids is 1. The molecule has 6 nitrogen and oxygen atoms in total. The minimum atomic E-state index is -4.42. The number of aryl methyl sites for hydroxylation is 2. The Hall–Kier alpha value is -3.05. The summed E-state index contributed by atoms with van der Waals surface area (Å²) in [5.74, 6) is -0.641. The van der Waals surface area contributed by atoms with Crippen LogP contribution < -0.4 is 5.56 Å². The Balaban J connectivity index is 1.51. The molecule has 1 aromatic carbocycles. The second kappa shape index (κ2) is 7.89. The summed E-state index contributed by atoms with van der Waals surface area (Å²) in [5, 5.41) is 2.22. The van der Waals surface area contributed by atoms with Crippen LogP contribution >= 0.6 is 22.7 Å². The van der Waals surface area contributed by atoms with Gasteiger partial charge in [0.15, 0.2) is 4.96 Å². The van der Waals surface area contributed by atoms with Gasteiger partial charge in [-0.15, -0.1) is 22.7 Å². The lowest BCUT2D eigenvalue weighted by molar-refractivity contribution is -0.137. The monoisotopic (exact) mass is 465 g/mol. The molecule has 0 unspecified atom stereocenters. The molecule has 0 aliphatic carbocycles. The van der Waals surface area contributed by atoms with Crippen molar-refractivity contribution in [3.63, 3.8) is 0 Å². The number of ether oxygens (including phenoxy) is 1. The van der Waals surface area contributed by atoms with Crippen LogP contribution in [0.5, 0.6) is 0 Å². The highest BCUT2D eigenvalue weighted by molar-refractivity contribution is 7.17. The molecule has 0 aliphatic rings. The molecule has 160 valence electrons. The van der Waals surface area contributed by atoms with Crippen molar-refractivity contribution in [1.82, 2.24) is 14.4 Å². The first kappa shape index (κ1) is 21.2. The van der Waals surface area contributed by atoms with Crippen molar-refractivity contribution in [3.05, 3.63) is 73.6 Å². The van der Waals surface area contributed by atoms with Crippen LogP contribution in [-0.4, -0.2) is 20.3 Å². The predicted octanol–water partition coefficient (Wildman–Crippen LogP) is 4.87. The van der Waals surface area contributed by atoms with E-state index in [4.69, 9.17) is 4.74 Å². The van der Waals surface area contributed by atoms with E-state index in [0.717, 1.165) is 29.2 Å². The average molecular weight is 465 g/mol. The Morgan fingerprint density at radius 1 is 1.16 bits per heavy atom. The summed E-state index contributed by atoms with van der Waals surface area (Å²) in [6.45, 7) is 3.23. The van der Waals surface area contributed by atoms with Crippen LogP contribution in [0.15, 0.2) is 40.5 Å². The summed E-state index contributed by atoms with van der Waals surface area (Å²) >= 11 is 2.34. The quantitative estimate of drug-likeness (QED) is 0.402. The third-order valence-electron chi connectivity index (χ3n) is 4.42. The molecule has 0 saturated heterocycles. The maximum absolute atomic E-state index is 12.7. The predicted molar refractivity (Wildman–Crippen MR) is 110 cm³/mol. The lowest BCUT2D eigenvalue weighted by atomic mass is 10.1. The first-order valence-corrected chi connectivity index (χ1v) is 10.6. The van der Waals surface area contributed by atoms with Crippen LogP contribution in [0.4, 0.5) is 13.2 Å². The molecule has 3 heterocycles. The van der Waals surface area contributed by atoms with E-state index in [1.165, 1.54) is 33.9 Å². The van der Waals surface area contributed by atoms with Crippen LogP contribution in [0.3, 0.4) is 0 Å². The van der Waals surface area contributed by atoms with Gasteiger partial charge in [-0.1, -0.05) is 12.1 Å². The van der Waals surface area contributed by atoms with Crippen molar-refractivity contribution in [2.24, 2.45) is 0 Å². The first-order chi connectivity index (χ1) is 14.6. The maximum atomic E-state index is 12.7. The second-order valence-electron chi connectivity index (χ2n) is 6.67. The number of thiazole rings is 2. The summed E-state index contributed by atoms with van der Waals surface area (Å²) in [6.07, 6.45) is -4.42. The fourth-order valence-corrected chi connectivity index (χ4v) is 4.75. The van der Waals surface area contributed by atoms with Crippen molar-refractivity contribution in [2.45, 2.75) is 26.6 Å². The third-order valence-corrected chi connectivity index (χ3v) is 6.55. The molecule has 0 bridgehead atoms. The highest BCUT2D eigenvalue weighted by Crippen LogP contribution is 2.33. The lowest BCUT2D eigenvalue weighted by Crippen LogP contribution is -2.16. The minimum Gasteiger partial charge on any atom is -0.455 e. The van der Waals surface area contributed by atoms with Crippen molar-refractivity contribution in [3.8, 4) is 10.6 Å². The summed E-state index contributed by atoms with van der Waals surface area (Å²) in [7, 11) is 0. The number of rotatable bonds is 4. The van der Waals surface area contributed by atoms with Crippen molar-refractivity contribution >= 4 is 33.6 Å². The number of halogens is 3. The molecule has 0 saturated carbocycles. The normalized spacial score (nSPS) is 11.8. The van der Waals surface area contributed by atoms with Crippen molar-refractivity contribution in [1.29, 1.82) is 0 Å². The Labute approximate surface area is 181 Å². The van der Waals surface area contributed by atoms with Gasteiger partial charge in [-0.05, 0) is 26.0 Å². The third kappa shape index (κ3) is 4.23. The van der Waals surface area contributed by atoms with Gasteiger partial charge in [0.2, 0.25) is 0 Å². The number of benzene rings is 1. The van der Waals surface area contributed by atoms with Crippen LogP contribution in [0.1, 0.15) is 32.3 Å². The molecule has 11 heteroatoms. The molecule has 0 N–H and O–H groups in total. The van der Waals surface area contributed by atoms with E-state index in [-0.39, 0.29) is 17.0 Å². The topological polar surface area (TPSA) is 73.6 Å². The van der Waals surface area contributed by atoms with E-state index in [1.807, 2.05) is 5.38 Å². The molecule has 31 heavy (non-hydrogen) atoms. The number of carbonyl (C=O) groups is 1. The Morgan fingerprint density at radius 3 is 2.55 bits per heavy atom. The molecule has 0 fully saturated rings. The lowest BCUT2D eigenvalue weighted by Gasteiger charge is -2.06. The Bertz CT molecular complexity index is 1340. The molecule has 0 spiro atoms. The number of aromatic nitrogens is 3. The number of fused-ring (bicyclic) bond motifs is 1. The van der Waals surface area contributed by atoms with E-state index in [0.29, 0.717) is 26.9 Å². The van der Waals surface area contributed by atoms with E-state index in [9.17, 15) is 22.8 Å². The largest absolute Gasteiger partial charge is 0.455 e.